The van der Waals surface area contributed by atoms with Crippen LogP contribution >= 0.6 is 0 Å². The van der Waals surface area contributed by atoms with Crippen molar-refractivity contribution in [3.63, 3.8) is 0 Å². The fraction of sp³-hybridized carbons (Fsp3) is 0.481. The molecule has 1 heterocycles. The number of nitrogens with zero attached hydrogens (tertiary/aromatic N) is 2. The number of benzene rings is 2. The molecule has 33 heavy (non-hydrogen) atoms. The first-order valence-corrected chi connectivity index (χ1v) is 12.2. The second-order valence-electron chi connectivity index (χ2n) is 9.07. The minimum absolute atomic E-state index is 0.0164. The number of carbonyl (C=O) groups excluding carboxylic acids is 2. The summed E-state index contributed by atoms with van der Waals surface area (Å²) in [7, 11) is 1.68. The molecule has 1 aliphatic carbocycles. The lowest BCUT2D eigenvalue weighted by atomic mass is 9.88. The van der Waals surface area contributed by atoms with Gasteiger partial charge in [-0.2, -0.15) is 0 Å². The van der Waals surface area contributed by atoms with Crippen LogP contribution in [0.5, 0.6) is 5.75 Å². The Labute approximate surface area is 196 Å². The van der Waals surface area contributed by atoms with Crippen molar-refractivity contribution in [3.8, 4) is 5.75 Å². The third-order valence-electron chi connectivity index (χ3n) is 6.89. The van der Waals surface area contributed by atoms with E-state index in [9.17, 15) is 9.59 Å². The number of para-hydroxylation sites is 2. The largest absolute Gasteiger partial charge is 0.495 e. The molecular weight excluding hydrogens is 414 g/mol. The summed E-state index contributed by atoms with van der Waals surface area (Å²) in [5.74, 6) is 0.936. The van der Waals surface area contributed by atoms with E-state index in [4.69, 9.17) is 4.74 Å². The van der Waals surface area contributed by atoms with Gasteiger partial charge in [0.15, 0.2) is 0 Å². The quantitative estimate of drug-likeness (QED) is 0.701. The van der Waals surface area contributed by atoms with Gasteiger partial charge in [0.1, 0.15) is 11.8 Å². The highest BCUT2D eigenvalue weighted by atomic mass is 16.5. The molecule has 2 aromatic rings. The van der Waals surface area contributed by atoms with E-state index in [-0.39, 0.29) is 17.7 Å². The maximum atomic E-state index is 13.6. The van der Waals surface area contributed by atoms with Crippen LogP contribution in [0.25, 0.3) is 0 Å². The van der Waals surface area contributed by atoms with Crippen molar-refractivity contribution in [3.05, 3.63) is 60.2 Å². The van der Waals surface area contributed by atoms with Gasteiger partial charge >= 0.3 is 0 Å². The van der Waals surface area contributed by atoms with Crippen LogP contribution in [-0.2, 0) is 16.0 Å². The van der Waals surface area contributed by atoms with Gasteiger partial charge in [-0.3, -0.25) is 9.59 Å². The molecule has 1 saturated heterocycles. The second-order valence-corrected chi connectivity index (χ2v) is 9.07. The van der Waals surface area contributed by atoms with Gasteiger partial charge < -0.3 is 19.9 Å². The summed E-state index contributed by atoms with van der Waals surface area (Å²) in [6.45, 7) is 2.73. The molecule has 1 aliphatic heterocycles. The van der Waals surface area contributed by atoms with E-state index in [0.29, 0.717) is 19.5 Å². The smallest absolute Gasteiger partial charge is 0.245 e. The molecule has 0 spiro atoms. The van der Waals surface area contributed by atoms with Gasteiger partial charge in [0.25, 0.3) is 0 Å². The topological polar surface area (TPSA) is 61.9 Å². The summed E-state index contributed by atoms with van der Waals surface area (Å²) < 4.78 is 5.51. The number of methoxy groups -OCH3 is 1. The van der Waals surface area contributed by atoms with Gasteiger partial charge in [0, 0.05) is 38.5 Å². The molecule has 1 N–H and O–H groups in total. The number of rotatable bonds is 7. The summed E-state index contributed by atoms with van der Waals surface area (Å²) in [6.07, 6.45) is 5.77. The fourth-order valence-electron chi connectivity index (χ4n) is 4.98. The number of nitrogens with one attached hydrogen (secondary N) is 1. The molecule has 2 amide bonds. The van der Waals surface area contributed by atoms with Crippen molar-refractivity contribution >= 4 is 17.5 Å². The average Bonchev–Trinajstić information content (AvgIpc) is 2.89. The molecule has 0 radical (unpaired) electrons. The van der Waals surface area contributed by atoms with Gasteiger partial charge in [-0.1, -0.05) is 61.7 Å². The molecule has 6 nitrogen and oxygen atoms in total. The van der Waals surface area contributed by atoms with Crippen LogP contribution in [0.15, 0.2) is 54.6 Å². The normalized spacial score (nSPS) is 18.0. The van der Waals surface area contributed by atoms with Crippen molar-refractivity contribution in [1.82, 2.24) is 10.2 Å². The molecule has 0 bridgehead atoms. The van der Waals surface area contributed by atoms with E-state index in [1.165, 1.54) is 6.42 Å². The van der Waals surface area contributed by atoms with Crippen LogP contribution < -0.4 is 15.0 Å². The Kier molecular flexibility index (Phi) is 7.87. The van der Waals surface area contributed by atoms with E-state index < -0.39 is 6.04 Å². The Morgan fingerprint density at radius 1 is 0.939 bits per heavy atom. The minimum atomic E-state index is -0.528. The van der Waals surface area contributed by atoms with Crippen LogP contribution in [0, 0.1) is 5.92 Å². The molecule has 4 rings (SSSR count). The van der Waals surface area contributed by atoms with Crippen LogP contribution in [0.1, 0.15) is 37.7 Å². The highest BCUT2D eigenvalue weighted by molar-refractivity contribution is 5.89. The summed E-state index contributed by atoms with van der Waals surface area (Å²) >= 11 is 0. The van der Waals surface area contributed by atoms with Crippen LogP contribution in [0.2, 0.25) is 0 Å². The predicted octanol–water partition coefficient (Wildman–Crippen LogP) is 3.65. The Morgan fingerprint density at radius 3 is 2.30 bits per heavy atom. The molecule has 2 aliphatic rings. The van der Waals surface area contributed by atoms with Gasteiger partial charge in [-0.25, -0.2) is 0 Å². The summed E-state index contributed by atoms with van der Waals surface area (Å²) in [5, 5.41) is 3.13. The maximum Gasteiger partial charge on any atom is 0.245 e. The zero-order chi connectivity index (χ0) is 23.0. The first-order valence-electron chi connectivity index (χ1n) is 12.2. The second kappa shape index (κ2) is 11.2. The molecule has 176 valence electrons. The number of ether oxygens (including phenoxy) is 1. The Balaban J connectivity index is 1.42. The molecular formula is C27H35N3O3. The van der Waals surface area contributed by atoms with E-state index in [1.54, 1.807) is 7.11 Å². The lowest BCUT2D eigenvalue weighted by molar-refractivity contribution is -0.138. The third-order valence-corrected chi connectivity index (χ3v) is 6.89. The lowest BCUT2D eigenvalue weighted by Crippen LogP contribution is -2.56. The standard InChI is InChI=1S/C27H35N3O3/c1-33-25-15-9-8-14-24(25)29-16-18-30(19-17-29)27(32)23(20-21-10-4-2-5-11-21)28-26(31)22-12-6-3-7-13-22/h2,4-5,8-11,14-15,22-23H,3,6-7,12-13,16-20H2,1H3,(H,28,31)/t23-/m1/s1. The fourth-order valence-corrected chi connectivity index (χ4v) is 4.98. The highest BCUT2D eigenvalue weighted by Gasteiger charge is 2.31. The SMILES string of the molecule is COc1ccccc1N1CCN(C(=O)[C@@H](Cc2ccccc2)NC(=O)C2CCCCC2)CC1. The predicted molar refractivity (Wildman–Crippen MR) is 130 cm³/mol. The maximum absolute atomic E-state index is 13.6. The van der Waals surface area contributed by atoms with Gasteiger partial charge in [0.05, 0.1) is 12.8 Å². The molecule has 1 atom stereocenters. The Morgan fingerprint density at radius 2 is 1.61 bits per heavy atom. The van der Waals surface area contributed by atoms with E-state index in [1.807, 2.05) is 53.4 Å². The Hall–Kier alpha value is -3.02. The zero-order valence-corrected chi connectivity index (χ0v) is 19.5. The third kappa shape index (κ3) is 5.86. The molecule has 0 unspecified atom stereocenters. The van der Waals surface area contributed by atoms with E-state index in [0.717, 1.165) is 55.8 Å². The monoisotopic (exact) mass is 449 g/mol. The number of carbonyl (C=O) groups is 2. The summed E-state index contributed by atoms with van der Waals surface area (Å²) in [4.78, 5) is 30.7. The van der Waals surface area contributed by atoms with E-state index >= 15 is 0 Å². The number of anilines is 1. The summed E-state index contributed by atoms with van der Waals surface area (Å²) in [6, 6.07) is 17.4. The van der Waals surface area contributed by atoms with Gasteiger partial charge in [-0.15, -0.1) is 0 Å². The number of amides is 2. The molecule has 1 saturated carbocycles. The lowest BCUT2D eigenvalue weighted by Gasteiger charge is -2.38. The number of hydrogen-bond donors (Lipinski definition) is 1. The first kappa shape index (κ1) is 23.1. The van der Waals surface area contributed by atoms with Crippen molar-refractivity contribution in [2.24, 2.45) is 5.92 Å². The van der Waals surface area contributed by atoms with Gasteiger partial charge in [-0.05, 0) is 30.5 Å². The van der Waals surface area contributed by atoms with Crippen molar-refractivity contribution in [1.29, 1.82) is 0 Å². The van der Waals surface area contributed by atoms with Crippen LogP contribution in [0.4, 0.5) is 5.69 Å². The van der Waals surface area contributed by atoms with Crippen LogP contribution in [-0.4, -0.2) is 56.0 Å². The molecule has 2 fully saturated rings. The molecule has 2 aromatic carbocycles. The van der Waals surface area contributed by atoms with Crippen molar-refractivity contribution < 1.29 is 14.3 Å². The average molecular weight is 450 g/mol. The summed E-state index contributed by atoms with van der Waals surface area (Å²) in [5.41, 5.74) is 2.12. The van der Waals surface area contributed by atoms with Crippen molar-refractivity contribution in [2.45, 2.75) is 44.6 Å². The van der Waals surface area contributed by atoms with Gasteiger partial charge in [0.2, 0.25) is 11.8 Å². The molecule has 0 aromatic heterocycles. The van der Waals surface area contributed by atoms with Crippen LogP contribution in [0.3, 0.4) is 0 Å². The number of piperazine rings is 1. The highest BCUT2D eigenvalue weighted by Crippen LogP contribution is 2.28. The minimum Gasteiger partial charge on any atom is -0.495 e. The Bertz CT molecular complexity index is 919. The van der Waals surface area contributed by atoms with E-state index in [2.05, 4.69) is 16.3 Å². The number of hydrogen-bond acceptors (Lipinski definition) is 4. The first-order chi connectivity index (χ1) is 16.2. The van der Waals surface area contributed by atoms with Crippen molar-refractivity contribution in [2.75, 3.05) is 38.2 Å². The molecule has 6 heteroatoms. The zero-order valence-electron chi connectivity index (χ0n) is 19.5.